The summed E-state index contributed by atoms with van der Waals surface area (Å²) < 4.78 is 16.2. The van der Waals surface area contributed by atoms with E-state index in [4.69, 9.17) is 9.47 Å². The average molecular weight is 705 g/mol. The summed E-state index contributed by atoms with van der Waals surface area (Å²) in [6, 6.07) is 25.9. The van der Waals surface area contributed by atoms with Gasteiger partial charge in [0.05, 0.1) is 14.2 Å². The molecule has 0 atom stereocenters. The molecule has 6 heteroatoms. The van der Waals surface area contributed by atoms with Gasteiger partial charge in [-0.2, -0.15) is 9.13 Å². The van der Waals surface area contributed by atoms with Crippen LogP contribution in [0.3, 0.4) is 0 Å². The number of methoxy groups -OCH3 is 2. The van der Waals surface area contributed by atoms with Crippen LogP contribution in [0.4, 0.5) is 11.4 Å². The lowest BCUT2D eigenvalue weighted by atomic mass is 10.1. The summed E-state index contributed by atoms with van der Waals surface area (Å²) in [5, 5.41) is 0. The molecule has 0 saturated heterocycles. The second-order valence-electron chi connectivity index (χ2n) is 13.3. The predicted molar refractivity (Wildman–Crippen MR) is 221 cm³/mol. The summed E-state index contributed by atoms with van der Waals surface area (Å²) in [5.41, 5.74) is 7.04. The number of hydrogen-bond donors (Lipinski definition) is 0. The van der Waals surface area contributed by atoms with Crippen LogP contribution in [0.2, 0.25) is 0 Å². The summed E-state index contributed by atoms with van der Waals surface area (Å²) in [5.74, 6) is 1.82. The Balaban J connectivity index is 1.17. The van der Waals surface area contributed by atoms with Crippen LogP contribution in [0.25, 0.3) is 24.3 Å². The van der Waals surface area contributed by atoms with Crippen molar-refractivity contribution in [1.29, 1.82) is 0 Å². The van der Waals surface area contributed by atoms with Gasteiger partial charge in [0.2, 0.25) is 11.4 Å². The maximum Gasteiger partial charge on any atom is 0.205 e. The third-order valence-corrected chi connectivity index (χ3v) is 10.1. The zero-order valence-corrected chi connectivity index (χ0v) is 32.9. The molecule has 0 amide bonds. The largest absolute Gasteiger partial charge is 0.496 e. The molecule has 0 fully saturated rings. The predicted octanol–water partition coefficient (Wildman–Crippen LogP) is 10.1. The fourth-order valence-electron chi connectivity index (χ4n) is 6.91. The summed E-state index contributed by atoms with van der Waals surface area (Å²) in [6.07, 6.45) is 23.4. The number of benzene rings is 2. The van der Waals surface area contributed by atoms with Crippen LogP contribution >= 0.6 is 0 Å². The third kappa shape index (κ3) is 12.0. The van der Waals surface area contributed by atoms with Gasteiger partial charge in [-0.25, -0.2) is 0 Å². The lowest BCUT2D eigenvalue weighted by Crippen LogP contribution is -2.36. The quantitative estimate of drug-likeness (QED) is 0.0569. The van der Waals surface area contributed by atoms with Gasteiger partial charge in [0, 0.05) is 110 Å². The molecule has 0 bridgehead atoms. The van der Waals surface area contributed by atoms with Gasteiger partial charge in [0.15, 0.2) is 12.4 Å². The number of ether oxygens (including phenoxy) is 2. The second kappa shape index (κ2) is 22.4. The van der Waals surface area contributed by atoms with Crippen LogP contribution in [-0.4, -0.2) is 40.4 Å². The number of anilines is 2. The minimum Gasteiger partial charge on any atom is -0.496 e. The van der Waals surface area contributed by atoms with Crippen LogP contribution in [0.1, 0.15) is 102 Å². The Kier molecular flexibility index (Phi) is 17.3. The minimum absolute atomic E-state index is 0.911. The first kappa shape index (κ1) is 40.2. The zero-order valence-electron chi connectivity index (χ0n) is 32.9. The fourth-order valence-corrected chi connectivity index (χ4v) is 6.91. The molecule has 0 unspecified atom stereocenters. The first-order valence-electron chi connectivity index (χ1n) is 19.7. The monoisotopic (exact) mass is 705 g/mol. The van der Waals surface area contributed by atoms with E-state index in [0.717, 1.165) is 61.9 Å². The average Bonchev–Trinajstić information content (AvgIpc) is 3.19. The standard InChI is InChI=1S/C46H64N4O2/c1-7-47(8-2)43-31-27-39(45(37-43)51-5)25-29-41-23-17-21-35-49(41)33-19-15-13-11-12-14-16-20-34-50-36-22-18-24-42(50)30-26-40-28-32-44(38-46(40)52-6)48(9-3)10-4/h17-18,21-32,35-38H,7-16,19-20,33-34H2,1-6H3/q+2. The summed E-state index contributed by atoms with van der Waals surface area (Å²) in [7, 11) is 3.51. The smallest absolute Gasteiger partial charge is 0.205 e. The zero-order chi connectivity index (χ0) is 37.0. The molecule has 0 aliphatic carbocycles. The highest BCUT2D eigenvalue weighted by Crippen LogP contribution is 2.28. The molecule has 0 aliphatic heterocycles. The van der Waals surface area contributed by atoms with Crippen LogP contribution in [0, 0.1) is 0 Å². The molecule has 278 valence electrons. The molecule has 2 aromatic carbocycles. The lowest BCUT2D eigenvalue weighted by molar-refractivity contribution is -0.699. The molecule has 52 heavy (non-hydrogen) atoms. The Morgan fingerprint density at radius 2 is 0.865 bits per heavy atom. The van der Waals surface area contributed by atoms with Crippen molar-refractivity contribution in [3.05, 3.63) is 108 Å². The van der Waals surface area contributed by atoms with E-state index >= 15 is 0 Å². The number of unbranched alkanes of at least 4 members (excludes halogenated alkanes) is 7. The second-order valence-corrected chi connectivity index (χ2v) is 13.3. The summed E-state index contributed by atoms with van der Waals surface area (Å²) in [4.78, 5) is 4.68. The highest BCUT2D eigenvalue weighted by Gasteiger charge is 2.11. The minimum atomic E-state index is 0.911. The first-order valence-corrected chi connectivity index (χ1v) is 19.7. The maximum atomic E-state index is 5.75. The van der Waals surface area contributed by atoms with Gasteiger partial charge >= 0.3 is 0 Å². The van der Waals surface area contributed by atoms with Crippen LogP contribution < -0.4 is 28.4 Å². The van der Waals surface area contributed by atoms with E-state index in [9.17, 15) is 0 Å². The van der Waals surface area contributed by atoms with Gasteiger partial charge < -0.3 is 19.3 Å². The van der Waals surface area contributed by atoms with Gasteiger partial charge in [0.25, 0.3) is 0 Å². The van der Waals surface area contributed by atoms with Crippen molar-refractivity contribution in [3.63, 3.8) is 0 Å². The number of rotatable bonds is 23. The Bertz CT molecular complexity index is 1560. The summed E-state index contributed by atoms with van der Waals surface area (Å²) in [6.45, 7) is 14.8. The molecule has 2 aromatic heterocycles. The molecular weight excluding hydrogens is 641 g/mol. The number of aryl methyl sites for hydroxylation is 2. The number of aromatic nitrogens is 2. The lowest BCUT2D eigenvalue weighted by Gasteiger charge is -2.22. The molecule has 0 radical (unpaired) electrons. The van der Waals surface area contributed by atoms with Crippen LogP contribution in [-0.2, 0) is 13.1 Å². The van der Waals surface area contributed by atoms with Gasteiger partial charge in [-0.1, -0.05) is 25.7 Å². The molecule has 4 rings (SSSR count). The van der Waals surface area contributed by atoms with Crippen molar-refractivity contribution in [1.82, 2.24) is 0 Å². The van der Waals surface area contributed by atoms with Gasteiger partial charge in [-0.3, -0.25) is 0 Å². The van der Waals surface area contributed by atoms with Gasteiger partial charge in [-0.15, -0.1) is 0 Å². The van der Waals surface area contributed by atoms with E-state index in [1.807, 2.05) is 0 Å². The summed E-state index contributed by atoms with van der Waals surface area (Å²) >= 11 is 0. The van der Waals surface area contributed by atoms with E-state index < -0.39 is 0 Å². The van der Waals surface area contributed by atoms with Crippen molar-refractivity contribution in [3.8, 4) is 11.5 Å². The number of hydrogen-bond acceptors (Lipinski definition) is 4. The van der Waals surface area contributed by atoms with Gasteiger partial charge in [-0.05, 0) is 89.1 Å². The molecule has 6 nitrogen and oxygen atoms in total. The maximum absolute atomic E-state index is 5.75. The highest BCUT2D eigenvalue weighted by molar-refractivity contribution is 5.73. The Morgan fingerprint density at radius 3 is 1.23 bits per heavy atom. The number of nitrogens with zero attached hydrogens (tertiary/aromatic N) is 4. The molecule has 0 saturated carbocycles. The molecular formula is C46H64N4O2+2. The van der Waals surface area contributed by atoms with Crippen LogP contribution in [0.15, 0.2) is 85.2 Å². The Morgan fingerprint density at radius 1 is 0.481 bits per heavy atom. The molecule has 0 spiro atoms. The van der Waals surface area contributed by atoms with Crippen molar-refractivity contribution >= 4 is 35.7 Å². The van der Waals surface area contributed by atoms with E-state index in [0.29, 0.717) is 0 Å². The molecule has 0 aliphatic rings. The molecule has 0 N–H and O–H groups in total. The van der Waals surface area contributed by atoms with Crippen molar-refractivity contribution in [2.24, 2.45) is 0 Å². The normalized spacial score (nSPS) is 11.4. The number of pyridine rings is 2. The van der Waals surface area contributed by atoms with Crippen LogP contribution in [0.5, 0.6) is 11.5 Å². The highest BCUT2D eigenvalue weighted by atomic mass is 16.5. The van der Waals surface area contributed by atoms with E-state index in [-0.39, 0.29) is 0 Å². The molecule has 4 aromatic rings. The van der Waals surface area contributed by atoms with Crippen molar-refractivity contribution < 1.29 is 18.6 Å². The van der Waals surface area contributed by atoms with E-state index in [1.165, 1.54) is 74.1 Å². The SMILES string of the molecule is CCN(CC)c1ccc(/C=C/c2cccc[n+]2CCCCCCCCCC[n+]2ccccc2/C=C/c2ccc(N(CC)CC)cc2OC)c(OC)c1. The van der Waals surface area contributed by atoms with Gasteiger partial charge in [0.1, 0.15) is 24.6 Å². The van der Waals surface area contributed by atoms with Crippen molar-refractivity contribution in [2.75, 3.05) is 50.2 Å². The fraction of sp³-hybridized carbons (Fsp3) is 0.435. The first-order chi connectivity index (χ1) is 25.5. The third-order valence-electron chi connectivity index (χ3n) is 10.1. The van der Waals surface area contributed by atoms with Crippen molar-refractivity contribution in [2.45, 2.75) is 92.2 Å². The van der Waals surface area contributed by atoms with E-state index in [1.54, 1.807) is 14.2 Å². The van der Waals surface area contributed by atoms with E-state index in [2.05, 4.69) is 156 Å². The Hall–Kier alpha value is -4.58. The topological polar surface area (TPSA) is 32.7 Å². The Labute approximate surface area is 315 Å². The molecule has 2 heterocycles.